The molecule has 0 radical (unpaired) electrons. The predicted molar refractivity (Wildman–Crippen MR) is 74.5 cm³/mol. The molecule has 9 heteroatoms. The number of hydrogen-bond acceptors (Lipinski definition) is 6. The van der Waals surface area contributed by atoms with Gasteiger partial charge in [0.2, 0.25) is 5.15 Å². The highest BCUT2D eigenvalue weighted by atomic mass is 79.9. The van der Waals surface area contributed by atoms with Crippen LogP contribution in [-0.2, 0) is 0 Å². The number of hydrogen-bond donors (Lipinski definition) is 0. The first-order chi connectivity index (χ1) is 9.52. The summed E-state index contributed by atoms with van der Waals surface area (Å²) in [5, 5.41) is 10.7. The topological polar surface area (TPSA) is 87.4 Å². The molecule has 0 saturated heterocycles. The quantitative estimate of drug-likeness (QED) is 0.470. The van der Waals surface area contributed by atoms with Crippen LogP contribution in [0.4, 0.5) is 5.69 Å². The molecule has 1 aromatic heterocycles. The molecule has 20 heavy (non-hydrogen) atoms. The number of ether oxygens (including phenoxy) is 2. The molecule has 0 aliphatic rings. The monoisotopic (exact) mass is 359 g/mol. The van der Waals surface area contributed by atoms with Crippen LogP contribution in [0.5, 0.6) is 17.4 Å². The highest BCUT2D eigenvalue weighted by molar-refractivity contribution is 9.10. The van der Waals surface area contributed by atoms with Crippen molar-refractivity contribution in [2.75, 3.05) is 7.11 Å². The maximum absolute atomic E-state index is 10.9. The number of aromatic nitrogens is 2. The average molecular weight is 361 g/mol. The van der Waals surface area contributed by atoms with Gasteiger partial charge in [-0.3, -0.25) is 10.1 Å². The van der Waals surface area contributed by atoms with Gasteiger partial charge in [-0.25, -0.2) is 4.98 Å². The third-order valence-electron chi connectivity index (χ3n) is 2.27. The molecule has 0 amide bonds. The fraction of sp³-hybridized carbons (Fsp3) is 0.0909. The van der Waals surface area contributed by atoms with E-state index < -0.39 is 10.6 Å². The molecule has 1 aromatic carbocycles. The van der Waals surface area contributed by atoms with Crippen molar-refractivity contribution < 1.29 is 14.4 Å². The van der Waals surface area contributed by atoms with Crippen LogP contribution in [0.3, 0.4) is 0 Å². The molecule has 104 valence electrons. The Hall–Kier alpha value is -1.93. The fourth-order valence-corrected chi connectivity index (χ4v) is 2.00. The minimum absolute atomic E-state index is 0.235. The van der Waals surface area contributed by atoms with Gasteiger partial charge in [0.05, 0.1) is 16.5 Å². The average Bonchev–Trinajstić information content (AvgIpc) is 2.40. The largest absolute Gasteiger partial charge is 0.497 e. The lowest BCUT2D eigenvalue weighted by Crippen LogP contribution is -1.98. The highest BCUT2D eigenvalue weighted by Gasteiger charge is 2.24. The molecule has 0 fully saturated rings. The minimum atomic E-state index is -0.699. The number of nitro groups is 1. The van der Waals surface area contributed by atoms with Gasteiger partial charge < -0.3 is 9.47 Å². The lowest BCUT2D eigenvalue weighted by atomic mass is 10.3. The van der Waals surface area contributed by atoms with E-state index >= 15 is 0 Å². The molecule has 1 heterocycles. The molecule has 0 spiro atoms. The van der Waals surface area contributed by atoms with Gasteiger partial charge in [0.15, 0.2) is 0 Å². The SMILES string of the molecule is COc1ccc(Oc2ncnc(Cl)c2[N+](=O)[O-])c(Br)c1. The van der Waals surface area contributed by atoms with Crippen LogP contribution in [-0.4, -0.2) is 22.0 Å². The van der Waals surface area contributed by atoms with Crippen molar-refractivity contribution in [2.45, 2.75) is 0 Å². The highest BCUT2D eigenvalue weighted by Crippen LogP contribution is 2.37. The standard InChI is InChI=1S/C11H7BrClN3O4/c1-19-6-2-3-8(7(12)4-6)20-11-9(16(17)18)10(13)14-5-15-11/h2-5H,1H3. The second kappa shape index (κ2) is 6.02. The number of nitrogens with zero attached hydrogens (tertiary/aromatic N) is 3. The molecular weight excluding hydrogens is 353 g/mol. The Balaban J connectivity index is 2.40. The van der Waals surface area contributed by atoms with Crippen molar-refractivity contribution >= 4 is 33.2 Å². The van der Waals surface area contributed by atoms with Crippen LogP contribution in [0.2, 0.25) is 5.15 Å². The zero-order chi connectivity index (χ0) is 14.7. The van der Waals surface area contributed by atoms with Gasteiger partial charge in [-0.2, -0.15) is 4.98 Å². The van der Waals surface area contributed by atoms with Gasteiger partial charge in [0.1, 0.15) is 17.8 Å². The molecule has 2 aromatic rings. The first-order valence-electron chi connectivity index (χ1n) is 5.19. The van der Waals surface area contributed by atoms with Gasteiger partial charge in [0.25, 0.3) is 0 Å². The third-order valence-corrected chi connectivity index (χ3v) is 3.17. The molecule has 0 unspecified atom stereocenters. The van der Waals surface area contributed by atoms with E-state index in [9.17, 15) is 10.1 Å². The summed E-state index contributed by atoms with van der Waals surface area (Å²) in [6, 6.07) is 4.89. The van der Waals surface area contributed by atoms with E-state index in [-0.39, 0.29) is 11.0 Å². The van der Waals surface area contributed by atoms with Gasteiger partial charge in [-0.05, 0) is 34.1 Å². The van der Waals surface area contributed by atoms with Gasteiger partial charge in [-0.1, -0.05) is 11.6 Å². The second-order valence-corrected chi connectivity index (χ2v) is 4.69. The fourth-order valence-electron chi connectivity index (χ4n) is 1.37. The number of methoxy groups -OCH3 is 1. The molecule has 2 rings (SSSR count). The zero-order valence-electron chi connectivity index (χ0n) is 10.0. The number of benzene rings is 1. The van der Waals surface area contributed by atoms with Crippen molar-refractivity contribution in [3.8, 4) is 17.4 Å². The maximum Gasteiger partial charge on any atom is 0.368 e. The van der Waals surface area contributed by atoms with Crippen molar-refractivity contribution in [3.05, 3.63) is 44.3 Å². The normalized spacial score (nSPS) is 10.2. The molecule has 0 aliphatic carbocycles. The van der Waals surface area contributed by atoms with Crippen LogP contribution >= 0.6 is 27.5 Å². The van der Waals surface area contributed by atoms with E-state index in [1.165, 1.54) is 7.11 Å². The Labute approximate surface area is 126 Å². The Morgan fingerprint density at radius 2 is 2.15 bits per heavy atom. The summed E-state index contributed by atoms with van der Waals surface area (Å²) >= 11 is 8.95. The summed E-state index contributed by atoms with van der Waals surface area (Å²) in [5.74, 6) is 0.712. The van der Waals surface area contributed by atoms with Crippen molar-refractivity contribution in [3.63, 3.8) is 0 Å². The molecule has 0 atom stereocenters. The summed E-state index contributed by atoms with van der Waals surface area (Å²) < 4.78 is 11.0. The van der Waals surface area contributed by atoms with E-state index in [0.29, 0.717) is 16.0 Å². The Morgan fingerprint density at radius 1 is 1.40 bits per heavy atom. The van der Waals surface area contributed by atoms with E-state index in [4.69, 9.17) is 21.1 Å². The molecule has 0 N–H and O–H groups in total. The minimum Gasteiger partial charge on any atom is -0.497 e. The summed E-state index contributed by atoms with van der Waals surface area (Å²) in [5.41, 5.74) is -0.489. The number of halogens is 2. The smallest absolute Gasteiger partial charge is 0.368 e. The van der Waals surface area contributed by atoms with Crippen LogP contribution < -0.4 is 9.47 Å². The second-order valence-electron chi connectivity index (χ2n) is 3.47. The lowest BCUT2D eigenvalue weighted by Gasteiger charge is -2.08. The van der Waals surface area contributed by atoms with E-state index in [1.54, 1.807) is 18.2 Å². The van der Waals surface area contributed by atoms with Crippen LogP contribution in [0, 0.1) is 10.1 Å². The van der Waals surface area contributed by atoms with Crippen LogP contribution in [0.15, 0.2) is 29.0 Å². The number of rotatable bonds is 4. The summed E-state index contributed by atoms with van der Waals surface area (Å²) in [4.78, 5) is 17.5. The Bertz CT molecular complexity index is 668. The summed E-state index contributed by atoms with van der Waals surface area (Å²) in [7, 11) is 1.53. The first-order valence-corrected chi connectivity index (χ1v) is 6.36. The summed E-state index contributed by atoms with van der Waals surface area (Å²) in [6.07, 6.45) is 1.09. The van der Waals surface area contributed by atoms with E-state index in [0.717, 1.165) is 6.33 Å². The third kappa shape index (κ3) is 2.97. The van der Waals surface area contributed by atoms with E-state index in [2.05, 4.69) is 25.9 Å². The maximum atomic E-state index is 10.9. The van der Waals surface area contributed by atoms with E-state index in [1.807, 2.05) is 0 Å². The van der Waals surface area contributed by atoms with Crippen LogP contribution in [0.25, 0.3) is 0 Å². The predicted octanol–water partition coefficient (Wildman–Crippen LogP) is 3.60. The Kier molecular flexibility index (Phi) is 4.35. The summed E-state index contributed by atoms with van der Waals surface area (Å²) in [6.45, 7) is 0. The van der Waals surface area contributed by atoms with Crippen molar-refractivity contribution in [1.29, 1.82) is 0 Å². The van der Waals surface area contributed by atoms with Gasteiger partial charge in [-0.15, -0.1) is 0 Å². The van der Waals surface area contributed by atoms with Crippen molar-refractivity contribution in [2.24, 2.45) is 0 Å². The molecule has 0 aliphatic heterocycles. The van der Waals surface area contributed by atoms with Crippen molar-refractivity contribution in [1.82, 2.24) is 9.97 Å². The van der Waals surface area contributed by atoms with Gasteiger partial charge in [0, 0.05) is 0 Å². The molecule has 0 saturated carbocycles. The Morgan fingerprint density at radius 3 is 2.75 bits per heavy atom. The first kappa shape index (κ1) is 14.5. The molecule has 7 nitrogen and oxygen atoms in total. The molecular formula is C11H7BrClN3O4. The molecule has 0 bridgehead atoms. The van der Waals surface area contributed by atoms with Crippen LogP contribution in [0.1, 0.15) is 0 Å². The lowest BCUT2D eigenvalue weighted by molar-refractivity contribution is -0.386. The zero-order valence-corrected chi connectivity index (χ0v) is 12.4. The van der Waals surface area contributed by atoms with Gasteiger partial charge >= 0.3 is 11.6 Å².